The Morgan fingerprint density at radius 1 is 1.00 bits per heavy atom. The number of rotatable bonds is 6. The number of amides is 1. The normalized spacial score (nSPS) is 14.8. The molecule has 1 amide bonds. The van der Waals surface area contributed by atoms with Crippen LogP contribution in [0.15, 0.2) is 30.3 Å². The van der Waals surface area contributed by atoms with Gasteiger partial charge >= 0.3 is 0 Å². The van der Waals surface area contributed by atoms with E-state index in [9.17, 15) is 4.79 Å². The van der Waals surface area contributed by atoms with E-state index in [4.69, 9.17) is 5.73 Å². The second-order valence-electron chi connectivity index (χ2n) is 5.16. The fourth-order valence-corrected chi connectivity index (χ4v) is 2.44. The summed E-state index contributed by atoms with van der Waals surface area (Å²) in [5.74, 6) is -0.0762. The van der Waals surface area contributed by atoms with E-state index in [1.165, 1.54) is 5.56 Å². The van der Waals surface area contributed by atoms with Gasteiger partial charge < -0.3 is 11.1 Å². The lowest BCUT2D eigenvalue weighted by atomic mass is 10.2. The first-order valence-corrected chi connectivity index (χ1v) is 7.23. The van der Waals surface area contributed by atoms with E-state index in [2.05, 4.69) is 45.4 Å². The van der Waals surface area contributed by atoms with Gasteiger partial charge in [0.1, 0.15) is 0 Å². The van der Waals surface area contributed by atoms with Crippen LogP contribution in [0.2, 0.25) is 0 Å². The molecule has 1 aliphatic heterocycles. The average molecular weight is 386 g/mol. The van der Waals surface area contributed by atoms with Gasteiger partial charge in [-0.2, -0.15) is 0 Å². The molecule has 2 rings (SSSR count). The topological polar surface area (TPSA) is 61.6 Å². The quantitative estimate of drug-likeness (QED) is 0.771. The van der Waals surface area contributed by atoms with Crippen molar-refractivity contribution in [2.45, 2.75) is 6.54 Å². The summed E-state index contributed by atoms with van der Waals surface area (Å²) in [4.78, 5) is 15.9. The number of nitrogens with zero attached hydrogens (tertiary/aromatic N) is 2. The lowest BCUT2D eigenvalue weighted by Crippen LogP contribution is -2.48. The molecule has 0 spiro atoms. The van der Waals surface area contributed by atoms with E-state index < -0.39 is 0 Å². The van der Waals surface area contributed by atoms with E-state index in [1.54, 1.807) is 0 Å². The van der Waals surface area contributed by atoms with Crippen molar-refractivity contribution in [2.24, 2.45) is 5.73 Å². The highest BCUT2D eigenvalue weighted by Crippen LogP contribution is 2.07. The van der Waals surface area contributed by atoms with Gasteiger partial charge in [0.25, 0.3) is 0 Å². The number of carbonyl (C=O) groups excluding carboxylic acids is 1. The Kier molecular flexibility index (Phi) is 14.9. The van der Waals surface area contributed by atoms with Crippen molar-refractivity contribution < 1.29 is 4.79 Å². The molecule has 0 bridgehead atoms. The van der Waals surface area contributed by atoms with Crippen LogP contribution in [0, 0.1) is 0 Å². The Bertz CT molecular complexity index is 414. The standard InChI is InChI=1S/C15H24N4O.3ClH/c16-12-15(20)17-6-7-18-8-10-19(11-9-18)13-14-4-2-1-3-5-14;;;/h1-5H,6-13,16H2,(H,17,20);3*1H. The number of hydrogen-bond acceptors (Lipinski definition) is 4. The van der Waals surface area contributed by atoms with E-state index in [0.717, 1.165) is 39.3 Å². The predicted octanol–water partition coefficient (Wildman–Crippen LogP) is 1.14. The molecule has 0 saturated carbocycles. The molecule has 1 aliphatic rings. The van der Waals surface area contributed by atoms with Gasteiger partial charge in [-0.25, -0.2) is 0 Å². The SMILES string of the molecule is Cl.Cl.Cl.NCC(=O)NCCN1CCN(Cc2ccccc2)CC1. The van der Waals surface area contributed by atoms with E-state index >= 15 is 0 Å². The van der Waals surface area contributed by atoms with Crippen molar-refractivity contribution in [1.29, 1.82) is 0 Å². The molecular formula is C15H27Cl3N4O. The Morgan fingerprint density at radius 3 is 2.13 bits per heavy atom. The van der Waals surface area contributed by atoms with Crippen molar-refractivity contribution in [3.05, 3.63) is 35.9 Å². The fraction of sp³-hybridized carbons (Fsp3) is 0.533. The molecule has 0 unspecified atom stereocenters. The monoisotopic (exact) mass is 384 g/mol. The summed E-state index contributed by atoms with van der Waals surface area (Å²) in [7, 11) is 0. The molecule has 5 nitrogen and oxygen atoms in total. The Balaban J connectivity index is 0. The molecule has 1 heterocycles. The number of nitrogens with one attached hydrogen (secondary N) is 1. The molecule has 0 aromatic heterocycles. The van der Waals surface area contributed by atoms with Gasteiger partial charge in [-0.05, 0) is 5.56 Å². The summed E-state index contributed by atoms with van der Waals surface area (Å²) in [6.45, 7) is 6.99. The van der Waals surface area contributed by atoms with Gasteiger partial charge in [-0.3, -0.25) is 14.6 Å². The van der Waals surface area contributed by atoms with Crippen molar-refractivity contribution >= 4 is 43.1 Å². The lowest BCUT2D eigenvalue weighted by molar-refractivity contribution is -0.119. The molecule has 134 valence electrons. The highest BCUT2D eigenvalue weighted by Gasteiger charge is 2.16. The van der Waals surface area contributed by atoms with Gasteiger partial charge in [0.15, 0.2) is 0 Å². The van der Waals surface area contributed by atoms with Crippen molar-refractivity contribution in [1.82, 2.24) is 15.1 Å². The number of benzene rings is 1. The second-order valence-corrected chi connectivity index (χ2v) is 5.16. The van der Waals surface area contributed by atoms with Gasteiger partial charge in [0.2, 0.25) is 5.91 Å². The minimum Gasteiger partial charge on any atom is -0.354 e. The maximum atomic E-state index is 11.0. The maximum absolute atomic E-state index is 11.0. The largest absolute Gasteiger partial charge is 0.354 e. The first-order chi connectivity index (χ1) is 9.78. The van der Waals surface area contributed by atoms with Gasteiger partial charge in [-0.1, -0.05) is 30.3 Å². The summed E-state index contributed by atoms with van der Waals surface area (Å²) in [5, 5.41) is 2.81. The molecule has 0 aliphatic carbocycles. The number of halogens is 3. The molecule has 0 atom stereocenters. The number of carbonyl (C=O) groups is 1. The highest BCUT2D eigenvalue weighted by molar-refractivity contribution is 5.86. The van der Waals surface area contributed by atoms with Crippen LogP contribution >= 0.6 is 37.2 Å². The lowest BCUT2D eigenvalue weighted by Gasteiger charge is -2.34. The second kappa shape index (κ2) is 13.8. The molecule has 1 saturated heterocycles. The van der Waals surface area contributed by atoms with E-state index in [1.807, 2.05) is 0 Å². The van der Waals surface area contributed by atoms with Crippen molar-refractivity contribution in [3.8, 4) is 0 Å². The maximum Gasteiger partial charge on any atom is 0.233 e. The van der Waals surface area contributed by atoms with E-state index in [-0.39, 0.29) is 49.7 Å². The van der Waals surface area contributed by atoms with Gasteiger partial charge in [-0.15, -0.1) is 37.2 Å². The number of nitrogens with two attached hydrogens (primary N) is 1. The van der Waals surface area contributed by atoms with Gasteiger partial charge in [0.05, 0.1) is 6.54 Å². The van der Waals surface area contributed by atoms with Gasteiger partial charge in [0, 0.05) is 45.8 Å². The first kappa shape index (κ1) is 24.7. The Hall–Kier alpha value is -0.560. The van der Waals surface area contributed by atoms with Crippen LogP contribution < -0.4 is 11.1 Å². The van der Waals surface area contributed by atoms with Crippen LogP contribution in [0.1, 0.15) is 5.56 Å². The number of piperazine rings is 1. The average Bonchev–Trinajstić information content (AvgIpc) is 2.50. The van der Waals surface area contributed by atoms with Crippen molar-refractivity contribution in [3.63, 3.8) is 0 Å². The third kappa shape index (κ3) is 9.35. The Labute approximate surface area is 157 Å². The molecule has 3 N–H and O–H groups in total. The van der Waals surface area contributed by atoms with Crippen LogP contribution in [-0.2, 0) is 11.3 Å². The van der Waals surface area contributed by atoms with Crippen LogP contribution in [0.5, 0.6) is 0 Å². The van der Waals surface area contributed by atoms with Crippen molar-refractivity contribution in [2.75, 3.05) is 45.8 Å². The third-order valence-electron chi connectivity index (χ3n) is 3.65. The summed E-state index contributed by atoms with van der Waals surface area (Å²) in [6.07, 6.45) is 0. The molecule has 1 fully saturated rings. The van der Waals surface area contributed by atoms with E-state index in [0.29, 0.717) is 6.54 Å². The van der Waals surface area contributed by atoms with Crippen LogP contribution in [0.3, 0.4) is 0 Å². The minimum absolute atomic E-state index is 0. The Morgan fingerprint density at radius 2 is 1.57 bits per heavy atom. The summed E-state index contributed by atoms with van der Waals surface area (Å²) < 4.78 is 0. The predicted molar refractivity (Wildman–Crippen MR) is 102 cm³/mol. The molecule has 1 aromatic carbocycles. The molecule has 1 aromatic rings. The highest BCUT2D eigenvalue weighted by atomic mass is 35.5. The zero-order valence-corrected chi connectivity index (χ0v) is 15.6. The summed E-state index contributed by atoms with van der Waals surface area (Å²) in [6, 6.07) is 10.6. The zero-order chi connectivity index (χ0) is 14.2. The molecular weight excluding hydrogens is 359 g/mol. The third-order valence-corrected chi connectivity index (χ3v) is 3.65. The first-order valence-electron chi connectivity index (χ1n) is 7.23. The summed E-state index contributed by atoms with van der Waals surface area (Å²) in [5.41, 5.74) is 6.62. The molecule has 23 heavy (non-hydrogen) atoms. The smallest absolute Gasteiger partial charge is 0.233 e. The zero-order valence-electron chi connectivity index (χ0n) is 13.1. The van der Waals surface area contributed by atoms with Crippen LogP contribution in [-0.4, -0.2) is 61.5 Å². The minimum atomic E-state index is -0.0762. The molecule has 8 heteroatoms. The molecule has 0 radical (unpaired) electrons. The fourth-order valence-electron chi connectivity index (χ4n) is 2.44. The van der Waals surface area contributed by atoms with Crippen LogP contribution in [0.25, 0.3) is 0 Å². The number of hydrogen-bond donors (Lipinski definition) is 2. The van der Waals surface area contributed by atoms with Crippen LogP contribution in [0.4, 0.5) is 0 Å². The summed E-state index contributed by atoms with van der Waals surface area (Å²) >= 11 is 0.